The molecule has 0 spiro atoms. The smallest absolute Gasteiger partial charge is 0.326 e. The van der Waals surface area contributed by atoms with Crippen molar-refractivity contribution in [3.05, 3.63) is 108 Å². The number of unbranched alkanes of at least 4 members (excludes halogenated alkanes) is 1. The van der Waals surface area contributed by atoms with Gasteiger partial charge in [-0.1, -0.05) is 24.3 Å². The molecule has 25 heteroatoms. The number of piperazine rings is 1. The molecule has 3 aromatic carbocycles. The minimum atomic E-state index is -1.51. The lowest BCUT2D eigenvalue weighted by molar-refractivity contribution is -0.141. The van der Waals surface area contributed by atoms with Crippen LogP contribution in [0.5, 0.6) is 0 Å². The van der Waals surface area contributed by atoms with Gasteiger partial charge in [0.1, 0.15) is 17.9 Å². The molecule has 398 valence electrons. The van der Waals surface area contributed by atoms with Crippen LogP contribution in [-0.4, -0.2) is 174 Å². The number of benzene rings is 3. The quantitative estimate of drug-likeness (QED) is 0.0286. The largest absolute Gasteiger partial charge is 0.481 e. The van der Waals surface area contributed by atoms with Gasteiger partial charge in [-0.05, 0) is 90.2 Å². The maximum Gasteiger partial charge on any atom is 0.326 e. The van der Waals surface area contributed by atoms with Crippen LogP contribution in [0.25, 0.3) is 10.8 Å². The summed E-state index contributed by atoms with van der Waals surface area (Å²) < 4.78 is 32.2. The van der Waals surface area contributed by atoms with Gasteiger partial charge >= 0.3 is 23.9 Å². The van der Waals surface area contributed by atoms with E-state index in [1.165, 1.54) is 23.1 Å². The molecule has 1 aromatic heterocycles. The number of fused-ring (bicyclic) bond motifs is 1. The average molecular weight is 1140 g/mol. The summed E-state index contributed by atoms with van der Waals surface area (Å²) in [5.41, 5.74) is 1.36. The first-order chi connectivity index (χ1) is 35.5. The van der Waals surface area contributed by atoms with Gasteiger partial charge in [-0.2, -0.15) is 5.10 Å². The number of urea groups is 1. The van der Waals surface area contributed by atoms with E-state index in [9.17, 15) is 48.3 Å². The molecule has 6 amide bonds. The zero-order valence-corrected chi connectivity index (χ0v) is 42.4. The number of amides is 6. The second-order valence-electron chi connectivity index (χ2n) is 16.9. The summed E-state index contributed by atoms with van der Waals surface area (Å²) >= 11 is 2.03. The first-order valence-corrected chi connectivity index (χ1v) is 24.7. The molecule has 5 rings (SSSR count). The molecule has 0 saturated carbocycles. The van der Waals surface area contributed by atoms with E-state index in [-0.39, 0.29) is 133 Å². The van der Waals surface area contributed by atoms with E-state index < -0.39 is 60.1 Å². The third-order valence-electron chi connectivity index (χ3n) is 11.5. The Balaban J connectivity index is 0.901. The van der Waals surface area contributed by atoms with Crippen molar-refractivity contribution in [3.63, 3.8) is 0 Å². The summed E-state index contributed by atoms with van der Waals surface area (Å²) in [4.78, 5) is 113. The number of aromatic amines is 1. The van der Waals surface area contributed by atoms with Gasteiger partial charge < -0.3 is 60.6 Å². The highest BCUT2D eigenvalue weighted by Crippen LogP contribution is 2.21. The topological polar surface area (TPSA) is 325 Å². The Morgan fingerprint density at radius 1 is 0.689 bits per heavy atom. The molecule has 0 aliphatic carbocycles. The molecule has 0 bridgehead atoms. The van der Waals surface area contributed by atoms with E-state index in [0.717, 1.165) is 0 Å². The molecular weight excluding hydrogens is 1090 g/mol. The SMILES string of the molecule is O=C(O)CC[C@H](NC(=O)N[C@@H](CCCCNC(=O)CCOCCOCCOCCNC(=O)c1cc(I)cc(C(=O)N2CCN(C(=O)c3cc(Cc4n[nH]c(=O)c5ccccc45)ccc3F)CC2)c1)C(=O)O)C(=O)O. The van der Waals surface area contributed by atoms with Crippen LogP contribution >= 0.6 is 22.6 Å². The normalized spacial score (nSPS) is 13.2. The molecule has 4 aromatic rings. The van der Waals surface area contributed by atoms with Crippen molar-refractivity contribution in [1.29, 1.82) is 0 Å². The molecule has 74 heavy (non-hydrogen) atoms. The van der Waals surface area contributed by atoms with E-state index in [1.807, 2.05) is 22.6 Å². The third-order valence-corrected chi connectivity index (χ3v) is 12.1. The van der Waals surface area contributed by atoms with Gasteiger partial charge in [0.2, 0.25) is 5.91 Å². The Morgan fingerprint density at radius 3 is 1.96 bits per heavy atom. The molecular formula is C49H58FIN8O15. The van der Waals surface area contributed by atoms with Crippen molar-refractivity contribution < 1.29 is 72.3 Å². The number of nitrogens with one attached hydrogen (secondary N) is 5. The standard InChI is InChI=1S/C49H58FIN8O15/c50-37-9-8-30(26-40-34-5-1-2-6-35(34)44(64)57-56-40)25-36(37)46(66)59-17-15-58(16-18-59)45(65)32-27-31(28-33(51)29-32)43(63)53-14-20-73-22-24-74-23-21-72-19-12-41(60)52-13-4-3-7-38(47(67)68)54-49(71)55-39(48(69)70)10-11-42(61)62/h1-2,5-6,8-9,25,27-29,38-39H,3-4,7,10-24,26H2,(H,52,60)(H,53,63)(H,57,64)(H,61,62)(H,67,68)(H,69,70)(H2,54,55,71)/t38-,39-/m0/s1. The van der Waals surface area contributed by atoms with Crippen LogP contribution in [0.2, 0.25) is 0 Å². The molecule has 1 saturated heterocycles. The van der Waals surface area contributed by atoms with E-state index in [4.69, 9.17) is 24.4 Å². The number of hydrogen-bond donors (Lipinski definition) is 8. The van der Waals surface area contributed by atoms with Crippen molar-refractivity contribution in [2.24, 2.45) is 0 Å². The fraction of sp³-hybridized carbons (Fsp3) is 0.429. The van der Waals surface area contributed by atoms with Crippen molar-refractivity contribution in [1.82, 2.24) is 41.3 Å². The highest BCUT2D eigenvalue weighted by molar-refractivity contribution is 14.1. The molecule has 8 N–H and O–H groups in total. The number of hydrogen-bond acceptors (Lipinski definition) is 13. The maximum absolute atomic E-state index is 15.1. The highest BCUT2D eigenvalue weighted by Gasteiger charge is 2.29. The van der Waals surface area contributed by atoms with Crippen molar-refractivity contribution >= 4 is 80.9 Å². The first-order valence-electron chi connectivity index (χ1n) is 23.7. The zero-order valence-electron chi connectivity index (χ0n) is 40.2. The fourth-order valence-electron chi connectivity index (χ4n) is 7.63. The van der Waals surface area contributed by atoms with Crippen LogP contribution in [0, 0.1) is 9.39 Å². The lowest BCUT2D eigenvalue weighted by Crippen LogP contribution is -2.51. The number of H-pyrrole nitrogens is 1. The van der Waals surface area contributed by atoms with Gasteiger partial charge in [-0.25, -0.2) is 23.9 Å². The van der Waals surface area contributed by atoms with Gasteiger partial charge in [0.25, 0.3) is 23.3 Å². The Kier molecular flexibility index (Phi) is 23.1. The number of carboxylic acid groups (broad SMARTS) is 3. The predicted octanol–water partition coefficient (Wildman–Crippen LogP) is 2.38. The van der Waals surface area contributed by atoms with Crippen LogP contribution in [0.4, 0.5) is 9.18 Å². The number of aromatic nitrogens is 2. The molecule has 0 radical (unpaired) electrons. The van der Waals surface area contributed by atoms with E-state index >= 15 is 4.39 Å². The molecule has 1 fully saturated rings. The van der Waals surface area contributed by atoms with Crippen LogP contribution < -0.4 is 26.8 Å². The summed E-state index contributed by atoms with van der Waals surface area (Å²) in [5, 5.41) is 44.8. The van der Waals surface area contributed by atoms with Gasteiger partial charge in [0.05, 0.1) is 56.3 Å². The molecule has 1 aliphatic heterocycles. The van der Waals surface area contributed by atoms with Crippen molar-refractivity contribution in [2.45, 2.75) is 57.0 Å². The number of ether oxygens (including phenoxy) is 3. The van der Waals surface area contributed by atoms with Crippen LogP contribution in [-0.2, 0) is 39.8 Å². The molecule has 23 nitrogen and oxygen atoms in total. The van der Waals surface area contributed by atoms with Gasteiger partial charge in [-0.15, -0.1) is 0 Å². The number of carboxylic acids is 3. The Morgan fingerprint density at radius 2 is 1.30 bits per heavy atom. The average Bonchev–Trinajstić information content (AvgIpc) is 3.38. The van der Waals surface area contributed by atoms with E-state index in [1.54, 1.807) is 47.4 Å². The minimum Gasteiger partial charge on any atom is -0.481 e. The first kappa shape index (κ1) is 57.8. The number of nitrogens with zero attached hydrogens (tertiary/aromatic N) is 3. The fourth-order valence-corrected chi connectivity index (χ4v) is 8.30. The number of rotatable bonds is 29. The van der Waals surface area contributed by atoms with Gasteiger partial charge in [-0.3, -0.25) is 28.8 Å². The lowest BCUT2D eigenvalue weighted by atomic mass is 10.0. The predicted molar refractivity (Wildman–Crippen MR) is 270 cm³/mol. The molecule has 2 atom stereocenters. The number of halogens is 2. The molecule has 2 heterocycles. The number of carbonyl (C=O) groups is 8. The van der Waals surface area contributed by atoms with E-state index in [2.05, 4.69) is 31.5 Å². The summed E-state index contributed by atoms with van der Waals surface area (Å²) in [6.45, 7) is 2.43. The Hall–Kier alpha value is -7.10. The Bertz CT molecular complexity index is 2700. The maximum atomic E-state index is 15.1. The van der Waals surface area contributed by atoms with Crippen LogP contribution in [0.1, 0.15) is 80.9 Å². The monoisotopic (exact) mass is 1140 g/mol. The second-order valence-corrected chi connectivity index (χ2v) is 18.1. The van der Waals surface area contributed by atoms with Crippen LogP contribution in [0.3, 0.4) is 0 Å². The third kappa shape index (κ3) is 18.4. The minimum absolute atomic E-state index is 0.00288. The van der Waals surface area contributed by atoms with Gasteiger partial charge in [0.15, 0.2) is 0 Å². The zero-order chi connectivity index (χ0) is 53.6. The molecule has 1 aliphatic rings. The van der Waals surface area contributed by atoms with Gasteiger partial charge in [0, 0.05) is 78.6 Å². The number of aliphatic carboxylic acids is 3. The highest BCUT2D eigenvalue weighted by atomic mass is 127. The molecule has 0 unspecified atom stereocenters. The van der Waals surface area contributed by atoms with Crippen molar-refractivity contribution in [2.75, 3.05) is 78.9 Å². The van der Waals surface area contributed by atoms with E-state index in [0.29, 0.717) is 44.0 Å². The summed E-state index contributed by atoms with van der Waals surface area (Å²) in [7, 11) is 0. The Labute approximate surface area is 437 Å². The van der Waals surface area contributed by atoms with Crippen molar-refractivity contribution in [3.8, 4) is 0 Å². The lowest BCUT2D eigenvalue weighted by Gasteiger charge is -2.35. The number of carbonyl (C=O) groups excluding carboxylic acids is 5. The summed E-state index contributed by atoms with van der Waals surface area (Å²) in [6, 6.07) is 12.2. The summed E-state index contributed by atoms with van der Waals surface area (Å²) in [5.74, 6) is -6.25. The van der Waals surface area contributed by atoms with Crippen LogP contribution in [0.15, 0.2) is 65.5 Å². The second kappa shape index (κ2) is 29.6. The summed E-state index contributed by atoms with van der Waals surface area (Å²) in [6.07, 6.45) is 0.139.